The average molecular weight is 235 g/mol. The van der Waals surface area contributed by atoms with Crippen molar-refractivity contribution in [3.8, 4) is 0 Å². The van der Waals surface area contributed by atoms with Crippen molar-refractivity contribution in [1.82, 2.24) is 4.31 Å². The molecule has 0 spiro atoms. The molecule has 1 unspecified atom stereocenters. The van der Waals surface area contributed by atoms with Gasteiger partial charge in [0.25, 0.3) is 0 Å². The Kier molecular flexibility index (Phi) is 10.6. The van der Waals surface area contributed by atoms with Crippen LogP contribution in [0.3, 0.4) is 0 Å². The van der Waals surface area contributed by atoms with Crippen molar-refractivity contribution >= 4 is 11.3 Å². The zero-order valence-corrected chi connectivity index (χ0v) is 10.9. The largest absolute Gasteiger partial charge is 0.294 e. The second kappa shape index (κ2) is 10.6. The van der Waals surface area contributed by atoms with Gasteiger partial charge in [-0.2, -0.15) is 0 Å². The predicted molar refractivity (Wildman–Crippen MR) is 66.0 cm³/mol. The highest BCUT2D eigenvalue weighted by molar-refractivity contribution is 7.76. The molecule has 0 aromatic rings. The Morgan fingerprint density at radius 3 is 1.93 bits per heavy atom. The quantitative estimate of drug-likeness (QED) is 0.466. The molecule has 92 valence electrons. The monoisotopic (exact) mass is 235 g/mol. The maximum absolute atomic E-state index is 10.6. The van der Waals surface area contributed by atoms with E-state index in [1.54, 1.807) is 7.05 Å². The normalized spacial score (nSPS) is 13.3. The van der Waals surface area contributed by atoms with Crippen molar-refractivity contribution < 1.29 is 8.76 Å². The van der Waals surface area contributed by atoms with Gasteiger partial charge >= 0.3 is 0 Å². The first-order chi connectivity index (χ1) is 7.18. The van der Waals surface area contributed by atoms with Gasteiger partial charge in [-0.1, -0.05) is 51.9 Å². The summed E-state index contributed by atoms with van der Waals surface area (Å²) in [5.74, 6) is 0. The van der Waals surface area contributed by atoms with Crippen LogP contribution >= 0.6 is 0 Å². The lowest BCUT2D eigenvalue weighted by atomic mass is 10.1. The molecular formula is C11H25NO2S. The first kappa shape index (κ1) is 15.1. The van der Waals surface area contributed by atoms with Gasteiger partial charge in [0.1, 0.15) is 0 Å². The third-order valence-electron chi connectivity index (χ3n) is 2.59. The van der Waals surface area contributed by atoms with Crippen molar-refractivity contribution in [2.24, 2.45) is 0 Å². The van der Waals surface area contributed by atoms with Gasteiger partial charge in [-0.25, -0.2) is 8.51 Å². The van der Waals surface area contributed by atoms with Crippen LogP contribution in [0, 0.1) is 0 Å². The van der Waals surface area contributed by atoms with E-state index in [1.165, 1.54) is 49.3 Å². The standard InChI is InChI=1S/C11H25NO2S/c1-3-4-5-6-7-8-9-10-11-12(2)15(13)14/h3-11H2,1-2H3,(H,13,14). The molecule has 0 saturated carbocycles. The summed E-state index contributed by atoms with van der Waals surface area (Å²) in [6.45, 7) is 2.95. The number of hydrogen-bond donors (Lipinski definition) is 1. The Bertz CT molecular complexity index is 165. The zero-order valence-electron chi connectivity index (χ0n) is 10.1. The maximum atomic E-state index is 10.6. The Balaban J connectivity index is 3.08. The van der Waals surface area contributed by atoms with E-state index >= 15 is 0 Å². The van der Waals surface area contributed by atoms with E-state index in [0.717, 1.165) is 13.0 Å². The van der Waals surface area contributed by atoms with Crippen molar-refractivity contribution in [2.45, 2.75) is 58.3 Å². The van der Waals surface area contributed by atoms with Crippen molar-refractivity contribution in [2.75, 3.05) is 13.6 Å². The van der Waals surface area contributed by atoms with Gasteiger partial charge in [0.05, 0.1) is 0 Å². The van der Waals surface area contributed by atoms with Crippen molar-refractivity contribution in [1.29, 1.82) is 0 Å². The molecule has 0 rings (SSSR count). The lowest BCUT2D eigenvalue weighted by Gasteiger charge is -2.10. The van der Waals surface area contributed by atoms with E-state index in [2.05, 4.69) is 6.92 Å². The third-order valence-corrected chi connectivity index (χ3v) is 3.31. The summed E-state index contributed by atoms with van der Waals surface area (Å²) in [4.78, 5) is 0. The van der Waals surface area contributed by atoms with Crippen LogP contribution in [-0.2, 0) is 11.3 Å². The number of rotatable bonds is 10. The summed E-state index contributed by atoms with van der Waals surface area (Å²) >= 11 is -1.79. The smallest absolute Gasteiger partial charge is 0.234 e. The molecule has 4 heteroatoms. The van der Waals surface area contributed by atoms with Crippen molar-refractivity contribution in [3.05, 3.63) is 0 Å². The molecule has 0 radical (unpaired) electrons. The number of unbranched alkanes of at least 4 members (excludes halogenated alkanes) is 7. The molecule has 0 aromatic carbocycles. The molecule has 0 fully saturated rings. The molecule has 0 aliphatic rings. The molecule has 0 saturated heterocycles. The minimum Gasteiger partial charge on any atom is -0.294 e. The summed E-state index contributed by atoms with van der Waals surface area (Å²) < 4.78 is 20.8. The fraction of sp³-hybridized carbons (Fsp3) is 1.00. The van der Waals surface area contributed by atoms with Crippen LogP contribution in [0.15, 0.2) is 0 Å². The van der Waals surface area contributed by atoms with Gasteiger partial charge in [-0.15, -0.1) is 0 Å². The average Bonchev–Trinajstić information content (AvgIpc) is 2.21. The SMILES string of the molecule is CCCCCCCCCCN(C)S(=O)O. The zero-order chi connectivity index (χ0) is 11.5. The summed E-state index contributed by atoms with van der Waals surface area (Å²) in [7, 11) is 1.68. The second-order valence-corrected chi connectivity index (χ2v) is 5.14. The van der Waals surface area contributed by atoms with Crippen LogP contribution < -0.4 is 0 Å². The van der Waals surface area contributed by atoms with Gasteiger partial charge in [-0.3, -0.25) is 4.55 Å². The molecule has 0 aromatic heterocycles. The Labute approximate surface area is 96.7 Å². The third kappa shape index (κ3) is 10.4. The topological polar surface area (TPSA) is 40.5 Å². The van der Waals surface area contributed by atoms with Gasteiger partial charge in [0.2, 0.25) is 11.3 Å². The maximum Gasteiger partial charge on any atom is 0.234 e. The molecule has 1 N–H and O–H groups in total. The lowest BCUT2D eigenvalue weighted by Crippen LogP contribution is -2.21. The number of nitrogens with zero attached hydrogens (tertiary/aromatic N) is 1. The molecule has 15 heavy (non-hydrogen) atoms. The molecular weight excluding hydrogens is 210 g/mol. The molecule has 0 amide bonds. The van der Waals surface area contributed by atoms with Gasteiger partial charge < -0.3 is 0 Å². The van der Waals surface area contributed by atoms with Crippen LogP contribution in [0.4, 0.5) is 0 Å². The van der Waals surface area contributed by atoms with E-state index < -0.39 is 11.3 Å². The van der Waals surface area contributed by atoms with Crippen LogP contribution in [0.25, 0.3) is 0 Å². The fourth-order valence-electron chi connectivity index (χ4n) is 1.55. The second-order valence-electron chi connectivity index (χ2n) is 4.06. The lowest BCUT2D eigenvalue weighted by molar-refractivity contribution is 0.431. The Hall–Kier alpha value is 0.0700. The van der Waals surface area contributed by atoms with Crippen molar-refractivity contribution in [3.63, 3.8) is 0 Å². The predicted octanol–water partition coefficient (Wildman–Crippen LogP) is 3.20. The van der Waals surface area contributed by atoms with E-state index in [9.17, 15) is 4.21 Å². The molecule has 0 heterocycles. The molecule has 0 aliphatic carbocycles. The highest BCUT2D eigenvalue weighted by Crippen LogP contribution is 2.08. The van der Waals surface area contributed by atoms with Gasteiger partial charge in [0, 0.05) is 13.6 Å². The minimum absolute atomic E-state index is 0.720. The number of hydrogen-bond acceptors (Lipinski definition) is 1. The highest BCUT2D eigenvalue weighted by Gasteiger charge is 2.02. The minimum atomic E-state index is -1.79. The van der Waals surface area contributed by atoms with E-state index in [4.69, 9.17) is 4.55 Å². The molecule has 0 bridgehead atoms. The molecule has 3 nitrogen and oxygen atoms in total. The highest BCUT2D eigenvalue weighted by atomic mass is 32.2. The summed E-state index contributed by atoms with van der Waals surface area (Å²) in [6, 6.07) is 0. The van der Waals surface area contributed by atoms with E-state index in [0.29, 0.717) is 0 Å². The molecule has 1 atom stereocenters. The summed E-state index contributed by atoms with van der Waals surface area (Å²) in [6.07, 6.45) is 10.1. The van der Waals surface area contributed by atoms with E-state index in [1.807, 2.05) is 0 Å². The van der Waals surface area contributed by atoms with Crippen LogP contribution in [0.5, 0.6) is 0 Å². The Morgan fingerprint density at radius 2 is 1.47 bits per heavy atom. The molecule has 0 aliphatic heterocycles. The van der Waals surface area contributed by atoms with E-state index in [-0.39, 0.29) is 0 Å². The van der Waals surface area contributed by atoms with Gasteiger partial charge in [-0.05, 0) is 6.42 Å². The van der Waals surface area contributed by atoms with Crippen LogP contribution in [-0.4, -0.2) is 26.7 Å². The van der Waals surface area contributed by atoms with Crippen LogP contribution in [0.2, 0.25) is 0 Å². The summed E-state index contributed by atoms with van der Waals surface area (Å²) in [5.41, 5.74) is 0. The first-order valence-electron chi connectivity index (χ1n) is 6.00. The fourth-order valence-corrected chi connectivity index (χ4v) is 1.83. The Morgan fingerprint density at radius 1 is 1.00 bits per heavy atom. The van der Waals surface area contributed by atoms with Gasteiger partial charge in [0.15, 0.2) is 0 Å². The summed E-state index contributed by atoms with van der Waals surface area (Å²) in [5, 5.41) is 0. The van der Waals surface area contributed by atoms with Crippen LogP contribution in [0.1, 0.15) is 58.3 Å². The first-order valence-corrected chi connectivity index (χ1v) is 7.07.